The SMILES string of the molecule is CC.Cc1ccncn1.Cc1cnc2ccccc2n1. The maximum absolute atomic E-state index is 4.31. The van der Waals surface area contributed by atoms with Gasteiger partial charge in [0.2, 0.25) is 0 Å². The van der Waals surface area contributed by atoms with Crippen molar-refractivity contribution in [1.29, 1.82) is 0 Å². The molecule has 0 aliphatic heterocycles. The molecule has 4 nitrogen and oxygen atoms in total. The number of aromatic nitrogens is 4. The summed E-state index contributed by atoms with van der Waals surface area (Å²) in [5.41, 5.74) is 3.89. The number of aryl methyl sites for hydroxylation is 2. The van der Waals surface area contributed by atoms with Crippen LogP contribution in [0.4, 0.5) is 0 Å². The first-order valence-electron chi connectivity index (χ1n) is 6.67. The molecule has 0 aliphatic carbocycles. The average Bonchev–Trinajstić information content (AvgIpc) is 2.50. The van der Waals surface area contributed by atoms with E-state index in [1.165, 1.54) is 6.33 Å². The molecule has 0 aliphatic rings. The van der Waals surface area contributed by atoms with Gasteiger partial charge in [-0.15, -0.1) is 0 Å². The van der Waals surface area contributed by atoms with Crippen LogP contribution in [0.1, 0.15) is 25.2 Å². The molecule has 3 rings (SSSR count). The van der Waals surface area contributed by atoms with Gasteiger partial charge >= 0.3 is 0 Å². The zero-order chi connectivity index (χ0) is 14.8. The van der Waals surface area contributed by atoms with E-state index < -0.39 is 0 Å². The minimum absolute atomic E-state index is 0.957. The van der Waals surface area contributed by atoms with Crippen molar-refractivity contribution in [3.63, 3.8) is 0 Å². The molecule has 0 radical (unpaired) electrons. The van der Waals surface area contributed by atoms with Gasteiger partial charge in [0, 0.05) is 18.1 Å². The first-order valence-corrected chi connectivity index (χ1v) is 6.67. The molecular weight excluding hydrogens is 248 g/mol. The van der Waals surface area contributed by atoms with E-state index in [0.717, 1.165) is 22.4 Å². The second-order valence-electron chi connectivity index (χ2n) is 3.85. The van der Waals surface area contributed by atoms with Crippen LogP contribution in [0.2, 0.25) is 0 Å². The number of hydrogen-bond donors (Lipinski definition) is 0. The Labute approximate surface area is 120 Å². The summed E-state index contributed by atoms with van der Waals surface area (Å²) in [7, 11) is 0. The first kappa shape index (κ1) is 15.7. The van der Waals surface area contributed by atoms with E-state index in [-0.39, 0.29) is 0 Å². The fraction of sp³-hybridized carbons (Fsp3) is 0.250. The summed E-state index contributed by atoms with van der Waals surface area (Å²) >= 11 is 0. The Bertz CT molecular complexity index is 623. The molecule has 0 N–H and O–H groups in total. The predicted octanol–water partition coefficient (Wildman–Crippen LogP) is 3.75. The van der Waals surface area contributed by atoms with Gasteiger partial charge in [0.1, 0.15) is 6.33 Å². The largest absolute Gasteiger partial charge is 0.253 e. The smallest absolute Gasteiger partial charge is 0.115 e. The number of nitrogens with zero attached hydrogens (tertiary/aromatic N) is 4. The van der Waals surface area contributed by atoms with Crippen molar-refractivity contribution in [1.82, 2.24) is 19.9 Å². The van der Waals surface area contributed by atoms with Crippen molar-refractivity contribution in [2.75, 3.05) is 0 Å². The van der Waals surface area contributed by atoms with Gasteiger partial charge in [-0.25, -0.2) is 15.0 Å². The van der Waals surface area contributed by atoms with Crippen LogP contribution in [0.3, 0.4) is 0 Å². The lowest BCUT2D eigenvalue weighted by Crippen LogP contribution is -1.85. The molecule has 0 saturated heterocycles. The van der Waals surface area contributed by atoms with E-state index in [0.29, 0.717) is 0 Å². The molecule has 1 aromatic carbocycles. The van der Waals surface area contributed by atoms with Gasteiger partial charge in [0.25, 0.3) is 0 Å². The van der Waals surface area contributed by atoms with Crippen LogP contribution in [0.15, 0.2) is 49.1 Å². The standard InChI is InChI=1S/C9H8N2.C5H6N2.C2H6/c1-7-6-10-8-4-2-3-5-9(8)11-7;1-5-2-3-6-4-7-5;1-2/h2-6H,1H3;2-4H,1H3;1-2H3. The van der Waals surface area contributed by atoms with Crippen molar-refractivity contribution >= 4 is 11.0 Å². The first-order chi connectivity index (χ1) is 9.75. The summed E-state index contributed by atoms with van der Waals surface area (Å²) in [4.78, 5) is 16.1. The Hall–Kier alpha value is -2.36. The van der Waals surface area contributed by atoms with Gasteiger partial charge < -0.3 is 0 Å². The van der Waals surface area contributed by atoms with E-state index in [2.05, 4.69) is 19.9 Å². The summed E-state index contributed by atoms with van der Waals surface area (Å²) in [6.07, 6.45) is 5.04. The summed E-state index contributed by atoms with van der Waals surface area (Å²) in [6, 6.07) is 9.72. The number of para-hydroxylation sites is 2. The Morgan fingerprint density at radius 1 is 0.800 bits per heavy atom. The summed E-state index contributed by atoms with van der Waals surface area (Å²) in [5, 5.41) is 0. The summed E-state index contributed by atoms with van der Waals surface area (Å²) in [5.74, 6) is 0. The predicted molar refractivity (Wildman–Crippen MR) is 82.4 cm³/mol. The fourth-order valence-electron chi connectivity index (χ4n) is 1.41. The molecular formula is C16H20N4. The monoisotopic (exact) mass is 268 g/mol. The highest BCUT2D eigenvalue weighted by molar-refractivity contribution is 5.73. The Morgan fingerprint density at radius 2 is 1.50 bits per heavy atom. The van der Waals surface area contributed by atoms with Crippen molar-refractivity contribution in [3.8, 4) is 0 Å². The molecule has 2 heterocycles. The Kier molecular flexibility index (Phi) is 6.82. The highest BCUT2D eigenvalue weighted by Crippen LogP contribution is 2.06. The second-order valence-corrected chi connectivity index (χ2v) is 3.85. The minimum atomic E-state index is 0.957. The van der Waals surface area contributed by atoms with Gasteiger partial charge in [-0.1, -0.05) is 26.0 Å². The van der Waals surface area contributed by atoms with E-state index in [4.69, 9.17) is 0 Å². The Balaban J connectivity index is 0.000000193. The molecule has 0 fully saturated rings. The quantitative estimate of drug-likeness (QED) is 0.623. The van der Waals surface area contributed by atoms with Gasteiger partial charge in [0.15, 0.2) is 0 Å². The van der Waals surface area contributed by atoms with E-state index >= 15 is 0 Å². The van der Waals surface area contributed by atoms with Crippen LogP contribution in [0.5, 0.6) is 0 Å². The number of fused-ring (bicyclic) bond motifs is 1. The molecule has 0 unspecified atom stereocenters. The Morgan fingerprint density at radius 3 is 2.05 bits per heavy atom. The highest BCUT2D eigenvalue weighted by Gasteiger charge is 1.92. The van der Waals surface area contributed by atoms with Crippen LogP contribution in [0, 0.1) is 13.8 Å². The van der Waals surface area contributed by atoms with Crippen molar-refractivity contribution in [2.24, 2.45) is 0 Å². The van der Waals surface area contributed by atoms with Gasteiger partial charge in [-0.2, -0.15) is 0 Å². The third-order valence-electron chi connectivity index (χ3n) is 2.30. The van der Waals surface area contributed by atoms with Crippen molar-refractivity contribution in [3.05, 3.63) is 60.4 Å². The second kappa shape index (κ2) is 8.69. The highest BCUT2D eigenvalue weighted by atomic mass is 14.8. The lowest BCUT2D eigenvalue weighted by Gasteiger charge is -1.95. The van der Waals surface area contributed by atoms with Gasteiger partial charge in [0.05, 0.1) is 16.7 Å². The molecule has 0 atom stereocenters. The lowest BCUT2D eigenvalue weighted by molar-refractivity contribution is 1.10. The van der Waals surface area contributed by atoms with Crippen LogP contribution in [-0.4, -0.2) is 19.9 Å². The van der Waals surface area contributed by atoms with Gasteiger partial charge in [-0.3, -0.25) is 4.98 Å². The molecule has 3 aromatic rings. The fourth-order valence-corrected chi connectivity index (χ4v) is 1.41. The van der Waals surface area contributed by atoms with E-state index in [9.17, 15) is 0 Å². The summed E-state index contributed by atoms with van der Waals surface area (Å²) < 4.78 is 0. The third-order valence-corrected chi connectivity index (χ3v) is 2.30. The number of rotatable bonds is 0. The minimum Gasteiger partial charge on any atom is -0.253 e. The van der Waals surface area contributed by atoms with Crippen LogP contribution in [0.25, 0.3) is 11.0 Å². The lowest BCUT2D eigenvalue weighted by atomic mass is 10.3. The summed E-state index contributed by atoms with van der Waals surface area (Å²) in [6.45, 7) is 7.88. The molecule has 0 bridgehead atoms. The number of benzene rings is 1. The molecule has 2 aromatic heterocycles. The van der Waals surface area contributed by atoms with Gasteiger partial charge in [-0.05, 0) is 32.0 Å². The topological polar surface area (TPSA) is 51.6 Å². The normalized spacial score (nSPS) is 9.00. The zero-order valence-electron chi connectivity index (χ0n) is 12.4. The van der Waals surface area contributed by atoms with Crippen molar-refractivity contribution in [2.45, 2.75) is 27.7 Å². The molecule has 0 saturated carbocycles. The maximum atomic E-state index is 4.31. The third kappa shape index (κ3) is 5.10. The van der Waals surface area contributed by atoms with Crippen LogP contribution in [-0.2, 0) is 0 Å². The average molecular weight is 268 g/mol. The van der Waals surface area contributed by atoms with E-state index in [1.807, 2.05) is 58.0 Å². The van der Waals surface area contributed by atoms with Crippen LogP contribution >= 0.6 is 0 Å². The molecule has 0 spiro atoms. The van der Waals surface area contributed by atoms with Crippen molar-refractivity contribution < 1.29 is 0 Å². The van der Waals surface area contributed by atoms with E-state index in [1.54, 1.807) is 12.4 Å². The zero-order valence-corrected chi connectivity index (χ0v) is 12.4. The molecule has 0 amide bonds. The molecule has 104 valence electrons. The van der Waals surface area contributed by atoms with Crippen LogP contribution < -0.4 is 0 Å². The maximum Gasteiger partial charge on any atom is 0.115 e. The number of hydrogen-bond acceptors (Lipinski definition) is 4. The molecule has 20 heavy (non-hydrogen) atoms. The molecule has 4 heteroatoms.